The van der Waals surface area contributed by atoms with Gasteiger partial charge in [-0.2, -0.15) is 0 Å². The molecule has 0 radical (unpaired) electrons. The number of amides is 1. The third kappa shape index (κ3) is 2.43. The van der Waals surface area contributed by atoms with Gasteiger partial charge in [-0.1, -0.05) is 0 Å². The number of likely N-dealkylation sites (N-methyl/N-ethyl adjacent to an activating group) is 1. The highest BCUT2D eigenvalue weighted by Gasteiger charge is 2.25. The van der Waals surface area contributed by atoms with Crippen LogP contribution >= 0.6 is 0 Å². The van der Waals surface area contributed by atoms with Crippen LogP contribution in [-0.4, -0.2) is 30.2 Å². The largest absolute Gasteiger partial charge is 0.379 e. The Bertz CT molecular complexity index is 112. The average molecular weight is 132 g/mol. The molecule has 0 fully saturated rings. The Hall–Kier alpha value is -0.610. The van der Waals surface area contributed by atoms with Crippen molar-refractivity contribution in [2.75, 3.05) is 13.6 Å². The first-order chi connectivity index (χ1) is 4.00. The van der Waals surface area contributed by atoms with E-state index in [4.69, 9.17) is 10.8 Å². The first-order valence-electron chi connectivity index (χ1n) is 2.67. The maximum atomic E-state index is 10.3. The summed E-state index contributed by atoms with van der Waals surface area (Å²) in [5, 5.41) is 11.7. The molecule has 54 valence electrons. The molecule has 4 heteroatoms. The normalized spacial score (nSPS) is 16.8. The van der Waals surface area contributed by atoms with E-state index in [1.54, 1.807) is 7.05 Å². The van der Waals surface area contributed by atoms with Gasteiger partial charge in [0.2, 0.25) is 5.91 Å². The van der Waals surface area contributed by atoms with Crippen LogP contribution in [0.5, 0.6) is 0 Å². The van der Waals surface area contributed by atoms with Crippen LogP contribution in [0.2, 0.25) is 0 Å². The Morgan fingerprint density at radius 3 is 2.44 bits per heavy atom. The second-order valence-corrected chi connectivity index (χ2v) is 2.17. The van der Waals surface area contributed by atoms with E-state index < -0.39 is 11.5 Å². The fourth-order valence-electron chi connectivity index (χ4n) is 0.431. The van der Waals surface area contributed by atoms with Gasteiger partial charge in [-0.15, -0.1) is 0 Å². The minimum atomic E-state index is -1.42. The highest BCUT2D eigenvalue weighted by molar-refractivity contribution is 5.82. The van der Waals surface area contributed by atoms with Gasteiger partial charge in [-0.3, -0.25) is 4.79 Å². The van der Waals surface area contributed by atoms with Crippen molar-refractivity contribution in [2.24, 2.45) is 5.73 Å². The van der Waals surface area contributed by atoms with Crippen LogP contribution in [0.25, 0.3) is 0 Å². The van der Waals surface area contributed by atoms with Crippen LogP contribution in [0.4, 0.5) is 0 Å². The monoisotopic (exact) mass is 132 g/mol. The van der Waals surface area contributed by atoms with E-state index in [-0.39, 0.29) is 6.54 Å². The minimum Gasteiger partial charge on any atom is -0.379 e. The second kappa shape index (κ2) is 2.80. The summed E-state index contributed by atoms with van der Waals surface area (Å²) in [4.78, 5) is 10.3. The van der Waals surface area contributed by atoms with Gasteiger partial charge < -0.3 is 16.2 Å². The quantitative estimate of drug-likeness (QED) is 0.435. The molecule has 4 nitrogen and oxygen atoms in total. The summed E-state index contributed by atoms with van der Waals surface area (Å²) in [6.07, 6.45) is 0. The molecule has 0 spiro atoms. The molecule has 0 bridgehead atoms. The molecule has 1 atom stereocenters. The third-order valence-electron chi connectivity index (χ3n) is 1.05. The van der Waals surface area contributed by atoms with E-state index in [0.717, 1.165) is 0 Å². The maximum Gasteiger partial charge on any atom is 0.250 e. The fourth-order valence-corrected chi connectivity index (χ4v) is 0.431. The van der Waals surface area contributed by atoms with E-state index in [1.807, 2.05) is 0 Å². The zero-order valence-corrected chi connectivity index (χ0v) is 5.64. The van der Waals surface area contributed by atoms with E-state index in [2.05, 4.69) is 5.32 Å². The van der Waals surface area contributed by atoms with Crippen molar-refractivity contribution in [3.63, 3.8) is 0 Å². The topological polar surface area (TPSA) is 75.3 Å². The maximum absolute atomic E-state index is 10.3. The summed E-state index contributed by atoms with van der Waals surface area (Å²) in [6, 6.07) is 0. The molecule has 0 aliphatic carbocycles. The first-order valence-corrected chi connectivity index (χ1v) is 2.67. The van der Waals surface area contributed by atoms with Crippen molar-refractivity contribution in [3.05, 3.63) is 0 Å². The van der Waals surface area contributed by atoms with Crippen molar-refractivity contribution in [3.8, 4) is 0 Å². The lowest BCUT2D eigenvalue weighted by molar-refractivity contribution is -0.134. The number of carbonyl (C=O) groups is 1. The summed E-state index contributed by atoms with van der Waals surface area (Å²) in [5.41, 5.74) is 3.41. The van der Waals surface area contributed by atoms with Crippen LogP contribution in [0.3, 0.4) is 0 Å². The van der Waals surface area contributed by atoms with E-state index in [0.29, 0.717) is 0 Å². The molecule has 0 aliphatic heterocycles. The van der Waals surface area contributed by atoms with Gasteiger partial charge in [-0.25, -0.2) is 0 Å². The Balaban J connectivity index is 3.85. The lowest BCUT2D eigenvalue weighted by Crippen LogP contribution is -2.47. The second-order valence-electron chi connectivity index (χ2n) is 2.17. The molecule has 0 saturated carbocycles. The molecule has 0 saturated heterocycles. The summed E-state index contributed by atoms with van der Waals surface area (Å²) < 4.78 is 0. The minimum absolute atomic E-state index is 0.183. The molecule has 1 amide bonds. The van der Waals surface area contributed by atoms with Crippen LogP contribution in [0, 0.1) is 0 Å². The van der Waals surface area contributed by atoms with Gasteiger partial charge >= 0.3 is 0 Å². The number of carbonyl (C=O) groups excluding carboxylic acids is 1. The smallest absolute Gasteiger partial charge is 0.250 e. The molecule has 0 rings (SSSR count). The van der Waals surface area contributed by atoms with Gasteiger partial charge in [0.05, 0.1) is 0 Å². The van der Waals surface area contributed by atoms with E-state index in [9.17, 15) is 4.79 Å². The number of hydrogen-bond donors (Lipinski definition) is 3. The zero-order chi connectivity index (χ0) is 7.49. The van der Waals surface area contributed by atoms with Crippen LogP contribution in [0.1, 0.15) is 6.92 Å². The molecule has 0 aromatic rings. The number of nitrogens with one attached hydrogen (secondary N) is 1. The van der Waals surface area contributed by atoms with Crippen LogP contribution in [0.15, 0.2) is 0 Å². The van der Waals surface area contributed by atoms with Gasteiger partial charge in [0.1, 0.15) is 0 Å². The van der Waals surface area contributed by atoms with Crippen molar-refractivity contribution in [2.45, 2.75) is 12.5 Å². The molecule has 1 unspecified atom stereocenters. The Labute approximate surface area is 54.0 Å². The molecular weight excluding hydrogens is 120 g/mol. The number of hydrogen-bond acceptors (Lipinski definition) is 3. The third-order valence-corrected chi connectivity index (χ3v) is 1.05. The lowest BCUT2D eigenvalue weighted by atomic mass is 10.1. The number of nitrogens with two attached hydrogens (primary N) is 1. The van der Waals surface area contributed by atoms with Crippen molar-refractivity contribution in [1.82, 2.24) is 5.32 Å². The highest BCUT2D eigenvalue weighted by atomic mass is 16.3. The first kappa shape index (κ1) is 8.39. The zero-order valence-electron chi connectivity index (χ0n) is 5.64. The van der Waals surface area contributed by atoms with E-state index >= 15 is 0 Å². The Morgan fingerprint density at radius 1 is 1.89 bits per heavy atom. The molecule has 9 heavy (non-hydrogen) atoms. The summed E-state index contributed by atoms with van der Waals surface area (Å²) >= 11 is 0. The molecule has 0 aliphatic rings. The predicted molar refractivity (Wildman–Crippen MR) is 33.7 cm³/mol. The van der Waals surface area contributed by atoms with Gasteiger partial charge in [0.25, 0.3) is 0 Å². The SMILES string of the molecule is CNCC(C)(O)C(N)=O. The number of aliphatic hydroxyl groups is 1. The highest BCUT2D eigenvalue weighted by Crippen LogP contribution is 1.97. The van der Waals surface area contributed by atoms with Gasteiger partial charge in [0.15, 0.2) is 5.60 Å². The van der Waals surface area contributed by atoms with Crippen molar-refractivity contribution >= 4 is 5.91 Å². The molecule has 0 aromatic carbocycles. The van der Waals surface area contributed by atoms with Crippen LogP contribution in [-0.2, 0) is 4.79 Å². The summed E-state index contributed by atoms with van der Waals surface area (Å²) in [6.45, 7) is 1.55. The predicted octanol–water partition coefficient (Wildman–Crippen LogP) is -1.56. The summed E-state index contributed by atoms with van der Waals surface area (Å²) in [7, 11) is 1.64. The number of rotatable bonds is 3. The molecule has 0 heterocycles. The van der Waals surface area contributed by atoms with Crippen LogP contribution < -0.4 is 11.1 Å². The molecular formula is C5H12N2O2. The molecule has 0 aromatic heterocycles. The van der Waals surface area contributed by atoms with Gasteiger partial charge in [0, 0.05) is 6.54 Å². The van der Waals surface area contributed by atoms with E-state index in [1.165, 1.54) is 6.92 Å². The average Bonchev–Trinajstić information content (AvgIpc) is 1.65. The summed E-state index contributed by atoms with van der Waals surface area (Å²) in [5.74, 6) is -0.711. The lowest BCUT2D eigenvalue weighted by Gasteiger charge is -2.17. The number of primary amides is 1. The molecule has 4 N–H and O–H groups in total. The Morgan fingerprint density at radius 2 is 2.33 bits per heavy atom. The van der Waals surface area contributed by atoms with Crippen molar-refractivity contribution < 1.29 is 9.90 Å². The fraction of sp³-hybridized carbons (Fsp3) is 0.800. The van der Waals surface area contributed by atoms with Gasteiger partial charge in [-0.05, 0) is 14.0 Å². The standard InChI is InChI=1S/C5H12N2O2/c1-5(9,3-7-2)4(6)8/h7,9H,3H2,1-2H3,(H2,6,8). The Kier molecular flexibility index (Phi) is 2.61. The van der Waals surface area contributed by atoms with Crippen molar-refractivity contribution in [1.29, 1.82) is 0 Å².